The molecule has 1 aliphatic rings. The molecule has 0 amide bonds. The molecule has 1 rings (SSSR count). The molecular formula is C2H5PS2. The molecule has 0 aromatic rings. The summed E-state index contributed by atoms with van der Waals surface area (Å²) in [6.45, 7) is 2.21. The molecular weight excluding hydrogens is 119 g/mol. The second kappa shape index (κ2) is 1.32. The molecule has 5 heavy (non-hydrogen) atoms. The van der Waals surface area contributed by atoms with Crippen LogP contribution in [0.1, 0.15) is 6.92 Å². The molecule has 1 aliphatic heterocycles. The summed E-state index contributed by atoms with van der Waals surface area (Å²) in [4.78, 5) is 0. The van der Waals surface area contributed by atoms with Crippen molar-refractivity contribution in [2.24, 2.45) is 0 Å². The Balaban J connectivity index is 2.58. The predicted molar refractivity (Wildman–Crippen MR) is 33.0 cm³/mol. The van der Waals surface area contributed by atoms with E-state index >= 15 is 0 Å². The summed E-state index contributed by atoms with van der Waals surface area (Å²) >= 11 is 0. The fraction of sp³-hybridized carbons (Fsp3) is 1.00. The van der Waals surface area contributed by atoms with Crippen LogP contribution in [0.15, 0.2) is 0 Å². The molecule has 2 atom stereocenters. The van der Waals surface area contributed by atoms with Crippen LogP contribution in [0.2, 0.25) is 0 Å². The van der Waals surface area contributed by atoms with E-state index in [0.717, 1.165) is 4.58 Å². The van der Waals surface area contributed by atoms with E-state index in [1.54, 1.807) is 0 Å². The molecule has 0 spiro atoms. The Morgan fingerprint density at radius 1 is 2.00 bits per heavy atom. The second-order valence-electron chi connectivity index (χ2n) is 1.01. The average molecular weight is 124 g/mol. The molecule has 0 N–H and O–H groups in total. The van der Waals surface area contributed by atoms with Gasteiger partial charge in [-0.25, -0.2) is 0 Å². The maximum absolute atomic E-state index is 4.20. The van der Waals surface area contributed by atoms with E-state index in [-0.39, 0.29) is 8.90 Å². The molecule has 2 unspecified atom stereocenters. The van der Waals surface area contributed by atoms with Crippen molar-refractivity contribution >= 4 is 27.5 Å². The third-order valence-corrected chi connectivity index (χ3v) is 6.43. The van der Waals surface area contributed by atoms with Gasteiger partial charge in [-0.15, -0.1) is 0 Å². The van der Waals surface area contributed by atoms with E-state index in [2.05, 4.69) is 14.7 Å². The van der Waals surface area contributed by atoms with Crippen LogP contribution in [-0.4, -0.2) is 4.58 Å². The van der Waals surface area contributed by atoms with E-state index in [1.807, 2.05) is 10.8 Å². The van der Waals surface area contributed by atoms with E-state index in [1.165, 1.54) is 0 Å². The van der Waals surface area contributed by atoms with Crippen molar-refractivity contribution in [3.8, 4) is 0 Å². The molecule has 1 heterocycles. The van der Waals surface area contributed by atoms with E-state index in [4.69, 9.17) is 0 Å². The number of rotatable bonds is 0. The zero-order valence-corrected chi connectivity index (χ0v) is 5.49. The third-order valence-electron chi connectivity index (χ3n) is 0.526. The van der Waals surface area contributed by atoms with Gasteiger partial charge < -0.3 is 0 Å². The molecule has 0 nitrogen and oxygen atoms in total. The van der Waals surface area contributed by atoms with Crippen LogP contribution in [0.5, 0.6) is 0 Å². The van der Waals surface area contributed by atoms with Crippen LogP contribution in [-0.2, 0) is 0 Å². The normalized spacial score (nSPS) is 48.8. The minimum absolute atomic E-state index is 0.180. The summed E-state index contributed by atoms with van der Waals surface area (Å²) in [6.07, 6.45) is 0. The van der Waals surface area contributed by atoms with Gasteiger partial charge in [-0.1, -0.05) is 0 Å². The van der Waals surface area contributed by atoms with Crippen molar-refractivity contribution in [1.82, 2.24) is 0 Å². The number of hydrogen-bond donors (Lipinski definition) is 1. The topological polar surface area (TPSA) is 0 Å². The first-order valence-electron chi connectivity index (χ1n) is 1.45. The van der Waals surface area contributed by atoms with E-state index in [9.17, 15) is 0 Å². The van der Waals surface area contributed by atoms with Crippen LogP contribution in [0.3, 0.4) is 0 Å². The Bertz CT molecular complexity index is 100.0. The van der Waals surface area contributed by atoms with Gasteiger partial charge in [0.1, 0.15) is 0 Å². The summed E-state index contributed by atoms with van der Waals surface area (Å²) in [5.41, 5.74) is 0. The predicted octanol–water partition coefficient (Wildman–Crippen LogP) is 2.32. The molecule has 30 valence electrons. The molecule has 0 bridgehead atoms. The van der Waals surface area contributed by atoms with Crippen molar-refractivity contribution in [3.63, 3.8) is 0 Å². The van der Waals surface area contributed by atoms with Gasteiger partial charge in [0.2, 0.25) is 0 Å². The summed E-state index contributed by atoms with van der Waals surface area (Å²) in [6, 6.07) is 0. The van der Waals surface area contributed by atoms with Crippen LogP contribution in [0.4, 0.5) is 0 Å². The molecule has 0 aromatic heterocycles. The van der Waals surface area contributed by atoms with E-state index in [0.29, 0.717) is 0 Å². The van der Waals surface area contributed by atoms with Crippen molar-refractivity contribution in [3.05, 3.63) is 0 Å². The molecule has 0 aromatic carbocycles. The van der Waals surface area contributed by atoms with Gasteiger partial charge in [0.25, 0.3) is 0 Å². The first kappa shape index (κ1) is 4.29. The van der Waals surface area contributed by atoms with Crippen LogP contribution in [0, 0.1) is 0 Å². The van der Waals surface area contributed by atoms with Crippen molar-refractivity contribution in [1.29, 1.82) is 0 Å². The van der Waals surface area contributed by atoms with Gasteiger partial charge in [-0.3, -0.25) is 0 Å². The standard InChI is InChI=1S/C2H5PS2/c1-2-4-5(2)3/h2,5H,1H3. The molecule has 0 aliphatic carbocycles. The molecule has 0 radical (unpaired) electrons. The minimum atomic E-state index is 0.180. The molecule has 3 heteroatoms. The zero-order chi connectivity index (χ0) is 3.86. The van der Waals surface area contributed by atoms with Crippen LogP contribution < -0.4 is 0 Å². The van der Waals surface area contributed by atoms with Gasteiger partial charge in [-0.2, -0.15) is 0 Å². The first-order chi connectivity index (χ1) is 2.30. The summed E-state index contributed by atoms with van der Waals surface area (Å²) in [5.74, 6) is 0. The van der Waals surface area contributed by atoms with E-state index < -0.39 is 0 Å². The molecule has 0 saturated carbocycles. The fourth-order valence-corrected chi connectivity index (χ4v) is 3.53. The molecule has 1 fully saturated rings. The summed E-state index contributed by atoms with van der Waals surface area (Å²) < 4.78 is 0.897. The monoisotopic (exact) mass is 124 g/mol. The van der Waals surface area contributed by atoms with Gasteiger partial charge >= 0.3 is 39.0 Å². The Morgan fingerprint density at radius 2 is 2.20 bits per heavy atom. The van der Waals surface area contributed by atoms with Crippen LogP contribution >= 0.6 is 27.5 Å². The first-order valence-corrected chi connectivity index (χ1v) is 5.50. The van der Waals surface area contributed by atoms with Gasteiger partial charge in [0.15, 0.2) is 0 Å². The maximum atomic E-state index is 4.20. The third kappa shape index (κ3) is 0.989. The molecule has 1 saturated heterocycles. The number of thiol groups is 1. The number of hydrogen-bond acceptors (Lipinski definition) is 1. The van der Waals surface area contributed by atoms with Crippen molar-refractivity contribution < 1.29 is 0 Å². The Kier molecular flexibility index (Phi) is 1.14. The summed E-state index contributed by atoms with van der Waals surface area (Å²) in [7, 11) is 6.35. The van der Waals surface area contributed by atoms with Crippen LogP contribution in [0.25, 0.3) is 0 Å². The average Bonchev–Trinajstić information content (AvgIpc) is 1.79. The second-order valence-corrected chi connectivity index (χ2v) is 7.57. The van der Waals surface area contributed by atoms with Gasteiger partial charge in [0, 0.05) is 0 Å². The SMILES string of the molecule is CC1S[SH]1#P. The summed E-state index contributed by atoms with van der Waals surface area (Å²) in [5, 5.41) is 0. The fourth-order valence-electron chi connectivity index (χ4n) is 0.129. The Hall–Kier alpha value is 1.13. The quantitative estimate of drug-likeness (QED) is 0.224. The van der Waals surface area contributed by atoms with Gasteiger partial charge in [0.05, 0.1) is 0 Å². The van der Waals surface area contributed by atoms with Crippen molar-refractivity contribution in [2.45, 2.75) is 11.5 Å². The Labute approximate surface area is 39.5 Å². The van der Waals surface area contributed by atoms with Crippen molar-refractivity contribution in [2.75, 3.05) is 0 Å². The van der Waals surface area contributed by atoms with Gasteiger partial charge in [-0.05, 0) is 0 Å². The zero-order valence-electron chi connectivity index (χ0n) is 2.88. The Morgan fingerprint density at radius 3 is 2.20 bits per heavy atom.